The van der Waals surface area contributed by atoms with Gasteiger partial charge >= 0.3 is 5.97 Å². The lowest BCUT2D eigenvalue weighted by Crippen LogP contribution is -2.45. The Balaban J connectivity index is 1.22. The molecule has 1 atom stereocenters. The van der Waals surface area contributed by atoms with Crippen LogP contribution in [0.1, 0.15) is 45.5 Å². The van der Waals surface area contributed by atoms with Crippen molar-refractivity contribution < 1.29 is 24.2 Å². The number of anilines is 1. The van der Waals surface area contributed by atoms with Crippen molar-refractivity contribution in [3.63, 3.8) is 0 Å². The summed E-state index contributed by atoms with van der Waals surface area (Å²) in [5.74, 6) is -0.661. The second-order valence-corrected chi connectivity index (χ2v) is 9.39. The number of fused-ring (bicyclic) bond motifs is 2. The second-order valence-electron chi connectivity index (χ2n) is 9.39. The van der Waals surface area contributed by atoms with E-state index in [2.05, 4.69) is 22.4 Å². The first-order valence-corrected chi connectivity index (χ1v) is 12.4. The lowest BCUT2D eigenvalue weighted by Gasteiger charge is -2.24. The molecule has 38 heavy (non-hydrogen) atoms. The van der Waals surface area contributed by atoms with Crippen LogP contribution in [0.4, 0.5) is 5.69 Å². The molecule has 5 rings (SSSR count). The molecule has 2 heterocycles. The molecule has 0 fully saturated rings. The Morgan fingerprint density at radius 3 is 2.58 bits per heavy atom. The van der Waals surface area contributed by atoms with Crippen molar-refractivity contribution in [1.82, 2.24) is 4.90 Å². The maximum atomic E-state index is 13.0. The zero-order valence-electron chi connectivity index (χ0n) is 20.7. The molecule has 0 saturated heterocycles. The van der Waals surface area contributed by atoms with E-state index in [-0.39, 0.29) is 25.3 Å². The topological polar surface area (TPSA) is 134 Å². The van der Waals surface area contributed by atoms with Crippen LogP contribution < -0.4 is 15.8 Å². The Kier molecular flexibility index (Phi) is 7.08. The lowest BCUT2D eigenvalue weighted by atomic mass is 10.1. The molecule has 9 nitrogen and oxygen atoms in total. The summed E-state index contributed by atoms with van der Waals surface area (Å²) in [6.45, 7) is 1.11. The molecule has 0 bridgehead atoms. The lowest BCUT2D eigenvalue weighted by molar-refractivity contribution is -0.137. The molecule has 0 radical (unpaired) electrons. The normalized spacial score (nSPS) is 14.7. The Morgan fingerprint density at radius 2 is 1.82 bits per heavy atom. The smallest absolute Gasteiger partial charge is 0.303 e. The van der Waals surface area contributed by atoms with E-state index in [0.29, 0.717) is 36.4 Å². The van der Waals surface area contributed by atoms with E-state index in [1.54, 1.807) is 18.2 Å². The summed E-state index contributed by atoms with van der Waals surface area (Å²) in [5.41, 5.74) is 11.0. The maximum absolute atomic E-state index is 13.0. The Hall–Kier alpha value is -4.66. The molecule has 194 valence electrons. The van der Waals surface area contributed by atoms with Crippen LogP contribution in [0.2, 0.25) is 0 Å². The minimum Gasteiger partial charge on any atom is -0.489 e. The molecular formula is C29H28N4O5. The first-order chi connectivity index (χ1) is 18.4. The van der Waals surface area contributed by atoms with Crippen molar-refractivity contribution in [2.75, 3.05) is 5.32 Å². The molecule has 3 aromatic carbocycles. The third-order valence-corrected chi connectivity index (χ3v) is 6.81. The molecule has 9 heteroatoms. The number of rotatable bonds is 10. The van der Waals surface area contributed by atoms with Crippen LogP contribution >= 0.6 is 0 Å². The number of carbonyl (C=O) groups is 3. The molecule has 0 saturated carbocycles. The third kappa shape index (κ3) is 5.36. The number of para-hydroxylation sites is 1. The van der Waals surface area contributed by atoms with E-state index < -0.39 is 17.9 Å². The molecule has 2 aliphatic rings. The highest BCUT2D eigenvalue weighted by Gasteiger charge is 2.37. The number of benzene rings is 3. The molecule has 2 amide bonds. The maximum Gasteiger partial charge on any atom is 0.303 e. The molecule has 0 aromatic heterocycles. The van der Waals surface area contributed by atoms with Gasteiger partial charge in [-0.1, -0.05) is 48.5 Å². The van der Waals surface area contributed by atoms with Crippen LogP contribution in [0.3, 0.4) is 0 Å². The highest BCUT2D eigenvalue weighted by atomic mass is 16.5. The van der Waals surface area contributed by atoms with Gasteiger partial charge in [-0.2, -0.15) is 0 Å². The number of aliphatic imine (C=N–C) groups is 1. The van der Waals surface area contributed by atoms with Crippen LogP contribution in [0.5, 0.6) is 5.75 Å². The number of carboxylic acid groups (broad SMARTS) is 1. The quantitative estimate of drug-likeness (QED) is 0.381. The van der Waals surface area contributed by atoms with Crippen LogP contribution in [0.25, 0.3) is 0 Å². The fraction of sp³-hybridized carbons (Fsp3) is 0.241. The zero-order chi connectivity index (χ0) is 26.6. The van der Waals surface area contributed by atoms with Crippen molar-refractivity contribution in [2.45, 2.75) is 45.0 Å². The average molecular weight is 513 g/mol. The van der Waals surface area contributed by atoms with E-state index in [9.17, 15) is 14.4 Å². The van der Waals surface area contributed by atoms with Crippen molar-refractivity contribution in [2.24, 2.45) is 10.7 Å². The van der Waals surface area contributed by atoms with Gasteiger partial charge in [0, 0.05) is 29.7 Å². The van der Waals surface area contributed by atoms with Crippen LogP contribution in [-0.4, -0.2) is 39.7 Å². The number of nitrogens with zero attached hydrogens (tertiary/aromatic N) is 2. The molecule has 0 spiro atoms. The Labute approximate surface area is 219 Å². The van der Waals surface area contributed by atoms with E-state index in [1.165, 1.54) is 10.5 Å². The fourth-order valence-electron chi connectivity index (χ4n) is 4.79. The molecule has 3 aromatic rings. The highest BCUT2D eigenvalue weighted by Crippen LogP contribution is 2.33. The zero-order valence-corrected chi connectivity index (χ0v) is 20.7. The number of ether oxygens (including phenoxy) is 1. The van der Waals surface area contributed by atoms with Crippen LogP contribution in [0, 0.1) is 0 Å². The summed E-state index contributed by atoms with van der Waals surface area (Å²) in [6.07, 6.45) is 0.397. The monoisotopic (exact) mass is 512 g/mol. The summed E-state index contributed by atoms with van der Waals surface area (Å²) < 4.78 is 6.07. The molecule has 0 aliphatic carbocycles. The van der Waals surface area contributed by atoms with Gasteiger partial charge in [-0.3, -0.25) is 19.4 Å². The van der Waals surface area contributed by atoms with Crippen molar-refractivity contribution in [3.8, 4) is 5.75 Å². The van der Waals surface area contributed by atoms with Crippen molar-refractivity contribution in [3.05, 3.63) is 94.5 Å². The predicted molar refractivity (Wildman–Crippen MR) is 142 cm³/mol. The average Bonchev–Trinajstić information content (AvgIpc) is 3.24. The molecule has 4 N–H and O–H groups in total. The Morgan fingerprint density at radius 1 is 1.05 bits per heavy atom. The van der Waals surface area contributed by atoms with Gasteiger partial charge in [-0.15, -0.1) is 0 Å². The number of amidine groups is 1. The van der Waals surface area contributed by atoms with Crippen molar-refractivity contribution >= 4 is 29.3 Å². The summed E-state index contributed by atoms with van der Waals surface area (Å²) in [6, 6.07) is 20.4. The molecular weight excluding hydrogens is 484 g/mol. The molecule has 2 aliphatic heterocycles. The first-order valence-electron chi connectivity index (χ1n) is 12.4. The second kappa shape index (κ2) is 10.8. The van der Waals surface area contributed by atoms with E-state index in [1.807, 2.05) is 36.4 Å². The number of hydrogen-bond donors (Lipinski definition) is 3. The number of amides is 2. The largest absolute Gasteiger partial charge is 0.489 e. The highest BCUT2D eigenvalue weighted by molar-refractivity contribution is 6.01. The summed E-state index contributed by atoms with van der Waals surface area (Å²) in [7, 11) is 0. The first kappa shape index (κ1) is 25.0. The van der Waals surface area contributed by atoms with Gasteiger partial charge in [-0.25, -0.2) is 0 Å². The fourth-order valence-corrected chi connectivity index (χ4v) is 4.79. The van der Waals surface area contributed by atoms with Gasteiger partial charge < -0.3 is 25.8 Å². The van der Waals surface area contributed by atoms with Gasteiger partial charge in [0.1, 0.15) is 24.2 Å². The number of nitrogens with one attached hydrogen (secondary N) is 1. The van der Waals surface area contributed by atoms with Gasteiger partial charge in [0.15, 0.2) is 0 Å². The van der Waals surface area contributed by atoms with E-state index >= 15 is 0 Å². The van der Waals surface area contributed by atoms with Crippen LogP contribution in [0.15, 0.2) is 71.7 Å². The number of carbonyl (C=O) groups excluding carboxylic acids is 2. The van der Waals surface area contributed by atoms with Gasteiger partial charge in [-0.05, 0) is 41.3 Å². The number of aliphatic carboxylic acids is 1. The summed E-state index contributed by atoms with van der Waals surface area (Å²) in [4.78, 5) is 41.9. The van der Waals surface area contributed by atoms with Crippen molar-refractivity contribution in [1.29, 1.82) is 0 Å². The molecule has 1 unspecified atom stereocenters. The van der Waals surface area contributed by atoms with Crippen LogP contribution in [-0.2, 0) is 35.7 Å². The number of carboxylic acids is 1. The predicted octanol–water partition coefficient (Wildman–Crippen LogP) is 3.51. The SMILES string of the molecule is NC(=O)C(CCC(=O)O)N1Cc2c(OCc3ccc(CC4=NCc5ccccc5N4)cc3)cccc2C1=O. The van der Waals surface area contributed by atoms with Gasteiger partial charge in [0.05, 0.1) is 13.1 Å². The Bertz CT molecular complexity index is 1420. The number of hydrogen-bond acceptors (Lipinski definition) is 6. The minimum atomic E-state index is -1.05. The van der Waals surface area contributed by atoms with Gasteiger partial charge in [0.25, 0.3) is 5.91 Å². The number of nitrogens with two attached hydrogens (primary N) is 1. The third-order valence-electron chi connectivity index (χ3n) is 6.81. The summed E-state index contributed by atoms with van der Waals surface area (Å²) >= 11 is 0. The number of primary amides is 1. The van der Waals surface area contributed by atoms with E-state index in [4.69, 9.17) is 15.6 Å². The van der Waals surface area contributed by atoms with Gasteiger partial charge in [0.2, 0.25) is 5.91 Å². The minimum absolute atomic E-state index is 0.0403. The standard InChI is InChI=1S/C29H28N4O5/c30-28(36)24(12-13-27(34)35)33-16-22-21(29(33)37)5-3-7-25(22)38-17-19-10-8-18(9-11-19)14-26-31-15-20-4-1-2-6-23(20)32-26/h1-11,24H,12-17H2,(H2,30,36)(H,31,32)(H,34,35). The summed E-state index contributed by atoms with van der Waals surface area (Å²) in [5, 5.41) is 12.4. The van der Waals surface area contributed by atoms with E-state index in [0.717, 1.165) is 22.6 Å².